The van der Waals surface area contributed by atoms with E-state index in [-0.39, 0.29) is 19.4 Å². The van der Waals surface area contributed by atoms with Gasteiger partial charge in [-0.3, -0.25) is 9.59 Å². The second-order valence-electron chi connectivity index (χ2n) is 8.76. The highest BCUT2D eigenvalue weighted by molar-refractivity contribution is 6.42. The molecule has 3 aromatic carbocycles. The molecule has 0 radical (unpaired) electrons. The normalized spacial score (nSPS) is 13.0. The van der Waals surface area contributed by atoms with E-state index < -0.39 is 35.6 Å². The van der Waals surface area contributed by atoms with Crippen molar-refractivity contribution in [1.29, 1.82) is 0 Å². The Bertz CT molecular complexity index is 1250. The minimum absolute atomic E-state index is 0.0153. The zero-order valence-electron chi connectivity index (χ0n) is 20.2. The molecule has 0 aliphatic carbocycles. The zero-order chi connectivity index (χ0) is 27.9. The van der Waals surface area contributed by atoms with Crippen LogP contribution in [0.4, 0.5) is 13.2 Å². The Hall–Kier alpha value is -3.11. The highest BCUT2D eigenvalue weighted by atomic mass is 35.5. The van der Waals surface area contributed by atoms with E-state index in [9.17, 15) is 22.8 Å². The molecule has 0 aliphatic rings. The highest BCUT2D eigenvalue weighted by Crippen LogP contribution is 2.29. The summed E-state index contributed by atoms with van der Waals surface area (Å²) in [5.41, 5.74) is 13.8. The standard InChI is InChI=1S/C27H27Cl2F3N4O2/c28-21-10-7-19(11-22(21)29)13-24(26(38)35-15-18-3-1-17(14-33)2-4-18)36-25(37)23(34)12-16-5-8-20(9-6-16)27(30,31)32/h1-11,23-24H,12-15,33-34H2,(H,35,38)(H,36,37)/t23?,24-/m0/s1. The summed E-state index contributed by atoms with van der Waals surface area (Å²) in [6.07, 6.45) is -4.37. The van der Waals surface area contributed by atoms with Crippen molar-refractivity contribution in [3.05, 3.63) is 105 Å². The second kappa shape index (κ2) is 13.1. The van der Waals surface area contributed by atoms with E-state index in [0.29, 0.717) is 27.7 Å². The molecule has 0 saturated carbocycles. The van der Waals surface area contributed by atoms with Crippen LogP contribution >= 0.6 is 23.2 Å². The summed E-state index contributed by atoms with van der Waals surface area (Å²) in [6.45, 7) is 0.617. The number of benzene rings is 3. The molecule has 6 nitrogen and oxygen atoms in total. The van der Waals surface area contributed by atoms with Gasteiger partial charge in [0.1, 0.15) is 6.04 Å². The second-order valence-corrected chi connectivity index (χ2v) is 9.57. The van der Waals surface area contributed by atoms with Crippen molar-refractivity contribution in [3.63, 3.8) is 0 Å². The van der Waals surface area contributed by atoms with Gasteiger partial charge in [0.15, 0.2) is 0 Å². The quantitative estimate of drug-likeness (QED) is 0.292. The van der Waals surface area contributed by atoms with Crippen molar-refractivity contribution in [1.82, 2.24) is 10.6 Å². The van der Waals surface area contributed by atoms with Gasteiger partial charge in [-0.2, -0.15) is 13.2 Å². The van der Waals surface area contributed by atoms with Crippen molar-refractivity contribution < 1.29 is 22.8 Å². The summed E-state index contributed by atoms with van der Waals surface area (Å²) < 4.78 is 38.4. The molecule has 38 heavy (non-hydrogen) atoms. The third-order valence-electron chi connectivity index (χ3n) is 5.86. The number of nitrogens with two attached hydrogens (primary N) is 2. The molecular formula is C27H27Cl2F3N4O2. The van der Waals surface area contributed by atoms with Gasteiger partial charge < -0.3 is 22.1 Å². The van der Waals surface area contributed by atoms with Crippen LogP contribution in [0.5, 0.6) is 0 Å². The number of rotatable bonds is 10. The number of hydrogen-bond acceptors (Lipinski definition) is 4. The van der Waals surface area contributed by atoms with Crippen LogP contribution in [0.1, 0.15) is 27.8 Å². The van der Waals surface area contributed by atoms with Gasteiger partial charge in [0.05, 0.1) is 21.7 Å². The molecule has 2 amide bonds. The Morgan fingerprint density at radius 2 is 1.37 bits per heavy atom. The molecule has 1 unspecified atom stereocenters. The van der Waals surface area contributed by atoms with Gasteiger partial charge >= 0.3 is 6.18 Å². The summed E-state index contributed by atoms with van der Waals surface area (Å²) in [5.74, 6) is -1.08. The van der Waals surface area contributed by atoms with Crippen LogP contribution < -0.4 is 22.1 Å². The molecule has 202 valence electrons. The van der Waals surface area contributed by atoms with Crippen molar-refractivity contribution >= 4 is 35.0 Å². The van der Waals surface area contributed by atoms with E-state index >= 15 is 0 Å². The van der Waals surface area contributed by atoms with E-state index in [1.165, 1.54) is 12.1 Å². The van der Waals surface area contributed by atoms with E-state index in [1.54, 1.807) is 18.2 Å². The van der Waals surface area contributed by atoms with Gasteiger partial charge in [0.25, 0.3) is 0 Å². The van der Waals surface area contributed by atoms with Gasteiger partial charge in [0, 0.05) is 19.5 Å². The van der Waals surface area contributed by atoms with Crippen LogP contribution in [0, 0.1) is 0 Å². The molecule has 11 heteroatoms. The average Bonchev–Trinajstić information content (AvgIpc) is 2.89. The first-order valence-corrected chi connectivity index (χ1v) is 12.4. The summed E-state index contributed by atoms with van der Waals surface area (Å²) in [6, 6.07) is 14.6. The monoisotopic (exact) mass is 566 g/mol. The first-order valence-electron chi connectivity index (χ1n) is 11.7. The zero-order valence-corrected chi connectivity index (χ0v) is 21.7. The molecule has 0 fully saturated rings. The molecular weight excluding hydrogens is 540 g/mol. The first-order chi connectivity index (χ1) is 18.0. The molecule has 3 rings (SSSR count). The van der Waals surface area contributed by atoms with Crippen molar-refractivity contribution in [2.24, 2.45) is 11.5 Å². The topological polar surface area (TPSA) is 110 Å². The van der Waals surface area contributed by atoms with Crippen molar-refractivity contribution in [2.45, 2.75) is 44.2 Å². The summed E-state index contributed by atoms with van der Waals surface area (Å²) >= 11 is 12.1. The summed E-state index contributed by atoms with van der Waals surface area (Å²) in [7, 11) is 0. The fourth-order valence-electron chi connectivity index (χ4n) is 3.67. The van der Waals surface area contributed by atoms with Crippen molar-refractivity contribution in [2.75, 3.05) is 0 Å². The molecule has 0 spiro atoms. The van der Waals surface area contributed by atoms with Crippen LogP contribution in [0.25, 0.3) is 0 Å². The Balaban J connectivity index is 1.70. The van der Waals surface area contributed by atoms with Gasteiger partial charge in [-0.25, -0.2) is 0 Å². The Kier molecular flexibility index (Phi) is 10.2. The predicted molar refractivity (Wildman–Crippen MR) is 141 cm³/mol. The third kappa shape index (κ3) is 8.46. The SMILES string of the molecule is NCc1ccc(CNC(=O)[C@H](Cc2ccc(Cl)c(Cl)c2)NC(=O)C(N)Cc2ccc(C(F)(F)F)cc2)cc1. The lowest BCUT2D eigenvalue weighted by molar-refractivity contribution is -0.137. The van der Waals surface area contributed by atoms with E-state index in [2.05, 4.69) is 10.6 Å². The predicted octanol–water partition coefficient (Wildman–Crippen LogP) is 4.38. The lowest BCUT2D eigenvalue weighted by Crippen LogP contribution is -2.52. The molecule has 0 saturated heterocycles. The maximum absolute atomic E-state index is 13.1. The number of carbonyl (C=O) groups excluding carboxylic acids is 2. The first kappa shape index (κ1) is 29.4. The minimum Gasteiger partial charge on any atom is -0.350 e. The van der Waals surface area contributed by atoms with Crippen LogP contribution in [-0.2, 0) is 41.7 Å². The summed E-state index contributed by atoms with van der Waals surface area (Å²) in [4.78, 5) is 26.0. The van der Waals surface area contributed by atoms with Crippen LogP contribution in [0.3, 0.4) is 0 Å². The minimum atomic E-state index is -4.46. The Morgan fingerprint density at radius 3 is 1.95 bits per heavy atom. The Labute approximate surface area is 228 Å². The fraction of sp³-hybridized carbons (Fsp3) is 0.259. The largest absolute Gasteiger partial charge is 0.416 e. The van der Waals surface area contributed by atoms with Crippen LogP contribution in [0.2, 0.25) is 10.0 Å². The van der Waals surface area contributed by atoms with E-state index in [1.807, 2.05) is 24.3 Å². The van der Waals surface area contributed by atoms with Crippen LogP contribution in [0.15, 0.2) is 66.7 Å². The Morgan fingerprint density at radius 1 is 0.789 bits per heavy atom. The smallest absolute Gasteiger partial charge is 0.350 e. The third-order valence-corrected chi connectivity index (χ3v) is 6.59. The lowest BCUT2D eigenvalue weighted by Gasteiger charge is -2.21. The van der Waals surface area contributed by atoms with Gasteiger partial charge in [-0.05, 0) is 52.9 Å². The van der Waals surface area contributed by atoms with Gasteiger partial charge in [0.2, 0.25) is 11.8 Å². The molecule has 0 aliphatic heterocycles. The number of halogens is 5. The lowest BCUT2D eigenvalue weighted by atomic mass is 10.0. The molecule has 3 aromatic rings. The number of carbonyl (C=O) groups is 2. The van der Waals surface area contributed by atoms with Gasteiger partial charge in [-0.1, -0.05) is 65.7 Å². The van der Waals surface area contributed by atoms with E-state index in [4.69, 9.17) is 34.7 Å². The summed E-state index contributed by atoms with van der Waals surface area (Å²) in [5, 5.41) is 6.11. The fourth-order valence-corrected chi connectivity index (χ4v) is 3.99. The van der Waals surface area contributed by atoms with E-state index in [0.717, 1.165) is 23.3 Å². The maximum atomic E-state index is 13.1. The van der Waals surface area contributed by atoms with Crippen molar-refractivity contribution in [3.8, 4) is 0 Å². The molecule has 0 heterocycles. The number of nitrogens with one attached hydrogen (secondary N) is 2. The van der Waals surface area contributed by atoms with Gasteiger partial charge in [-0.15, -0.1) is 0 Å². The maximum Gasteiger partial charge on any atom is 0.416 e. The van der Waals surface area contributed by atoms with Crippen LogP contribution in [-0.4, -0.2) is 23.9 Å². The highest BCUT2D eigenvalue weighted by Gasteiger charge is 2.30. The average molecular weight is 567 g/mol. The molecule has 0 aromatic heterocycles. The number of hydrogen-bond donors (Lipinski definition) is 4. The molecule has 6 N–H and O–H groups in total. The number of amides is 2. The number of alkyl halides is 3. The molecule has 0 bridgehead atoms. The molecule has 2 atom stereocenters.